The molecule has 0 saturated heterocycles. The summed E-state index contributed by atoms with van der Waals surface area (Å²) in [4.78, 5) is 23.3. The summed E-state index contributed by atoms with van der Waals surface area (Å²) in [6, 6.07) is 0. The molecule has 0 aliphatic rings. The van der Waals surface area contributed by atoms with Crippen LogP contribution in [0.4, 0.5) is 0 Å². The van der Waals surface area contributed by atoms with E-state index in [4.69, 9.17) is 0 Å². The molecule has 1 rings (SSSR count). The Bertz CT molecular complexity index is 537. The van der Waals surface area contributed by atoms with Crippen LogP contribution in [0, 0.1) is 13.8 Å². The van der Waals surface area contributed by atoms with E-state index >= 15 is 0 Å². The number of carboxylic acid groups (broad SMARTS) is 1. The largest absolute Gasteiger partial charge is 0.480 e. The summed E-state index contributed by atoms with van der Waals surface area (Å²) in [5, 5.41) is 16.2. The normalized spacial score (nSPS) is 13.8. The number of nitrogens with one attached hydrogen (secondary N) is 1. The van der Waals surface area contributed by atoms with Crippen molar-refractivity contribution in [2.24, 2.45) is 7.05 Å². The van der Waals surface area contributed by atoms with Crippen LogP contribution in [0.3, 0.4) is 0 Å². The third kappa shape index (κ3) is 4.06. The molecule has 0 unspecified atom stereocenters. The number of nitrogens with zero attached hydrogens (tertiary/aromatic N) is 2. The maximum absolute atomic E-state index is 12.0. The van der Waals surface area contributed by atoms with Gasteiger partial charge in [0.25, 0.3) is 0 Å². The van der Waals surface area contributed by atoms with E-state index in [9.17, 15) is 14.7 Å². The predicted molar refractivity (Wildman–Crippen MR) is 80.1 cm³/mol. The first-order valence-corrected chi connectivity index (χ1v) is 7.24. The van der Waals surface area contributed by atoms with Crippen molar-refractivity contribution in [3.05, 3.63) is 17.0 Å². The van der Waals surface area contributed by atoms with Crippen molar-refractivity contribution in [1.29, 1.82) is 0 Å². The number of hydrogen-bond acceptors (Lipinski definition) is 3. The van der Waals surface area contributed by atoms with Gasteiger partial charge in [-0.2, -0.15) is 5.10 Å². The summed E-state index contributed by atoms with van der Waals surface area (Å²) in [5.74, 6) is -1.23. The molecule has 0 aromatic carbocycles. The molecule has 2 N–H and O–H groups in total. The molecule has 118 valence electrons. The van der Waals surface area contributed by atoms with Gasteiger partial charge in [-0.3, -0.25) is 9.48 Å². The number of aliphatic carboxylic acids is 1. The van der Waals surface area contributed by atoms with Crippen molar-refractivity contribution in [2.75, 3.05) is 0 Å². The van der Waals surface area contributed by atoms with Crippen LogP contribution in [0.15, 0.2) is 0 Å². The predicted octanol–water partition coefficient (Wildman–Crippen LogP) is 1.73. The number of carbonyl (C=O) groups is 2. The highest BCUT2D eigenvalue weighted by Crippen LogP contribution is 2.16. The Labute approximate surface area is 125 Å². The van der Waals surface area contributed by atoms with Crippen LogP contribution in [0.5, 0.6) is 0 Å². The Balaban J connectivity index is 2.67. The van der Waals surface area contributed by atoms with Gasteiger partial charge in [-0.15, -0.1) is 0 Å². The maximum atomic E-state index is 12.0. The fourth-order valence-electron chi connectivity index (χ4n) is 2.51. The Kier molecular flexibility index (Phi) is 5.52. The van der Waals surface area contributed by atoms with Crippen LogP contribution in [0.1, 0.15) is 50.1 Å². The molecule has 1 atom stereocenters. The van der Waals surface area contributed by atoms with Gasteiger partial charge in [0.05, 0.1) is 5.69 Å². The van der Waals surface area contributed by atoms with Crippen molar-refractivity contribution in [3.63, 3.8) is 0 Å². The monoisotopic (exact) mass is 295 g/mol. The number of hydrogen-bond donors (Lipinski definition) is 2. The molecule has 6 heteroatoms. The van der Waals surface area contributed by atoms with Gasteiger partial charge in [-0.05, 0) is 39.2 Å². The van der Waals surface area contributed by atoms with Crippen molar-refractivity contribution < 1.29 is 14.7 Å². The van der Waals surface area contributed by atoms with E-state index in [1.807, 2.05) is 27.8 Å². The lowest BCUT2D eigenvalue weighted by Gasteiger charge is -2.25. The fraction of sp³-hybridized carbons (Fsp3) is 0.667. The average molecular weight is 295 g/mol. The minimum absolute atomic E-state index is 0.240. The minimum atomic E-state index is -1.19. The molecule has 0 saturated carbocycles. The highest BCUT2D eigenvalue weighted by molar-refractivity contribution is 5.86. The first-order valence-electron chi connectivity index (χ1n) is 7.24. The molecular formula is C15H25N3O3. The average Bonchev–Trinajstić information content (AvgIpc) is 2.61. The Morgan fingerprint density at radius 1 is 1.38 bits per heavy atom. The SMILES string of the molecule is CCC[C@@](C)(NC(=O)CCc1c(C)nn(C)c1C)C(=O)O. The van der Waals surface area contributed by atoms with Gasteiger partial charge in [0, 0.05) is 19.2 Å². The van der Waals surface area contributed by atoms with Gasteiger partial charge in [-0.1, -0.05) is 13.3 Å². The quantitative estimate of drug-likeness (QED) is 0.802. The zero-order chi connectivity index (χ0) is 16.2. The summed E-state index contributed by atoms with van der Waals surface area (Å²) in [6.07, 6.45) is 1.95. The molecule has 1 aromatic rings. The maximum Gasteiger partial charge on any atom is 0.329 e. The van der Waals surface area contributed by atoms with Gasteiger partial charge < -0.3 is 10.4 Å². The summed E-state index contributed by atoms with van der Waals surface area (Å²) in [6.45, 7) is 7.33. The number of aromatic nitrogens is 2. The van der Waals surface area contributed by atoms with Crippen LogP contribution >= 0.6 is 0 Å². The van der Waals surface area contributed by atoms with Crippen molar-refractivity contribution >= 4 is 11.9 Å². The summed E-state index contributed by atoms with van der Waals surface area (Å²) < 4.78 is 1.79. The van der Waals surface area contributed by atoms with Crippen molar-refractivity contribution in [1.82, 2.24) is 15.1 Å². The van der Waals surface area contributed by atoms with E-state index in [2.05, 4.69) is 10.4 Å². The zero-order valence-corrected chi connectivity index (χ0v) is 13.5. The molecule has 0 radical (unpaired) electrons. The minimum Gasteiger partial charge on any atom is -0.480 e. The van der Waals surface area contributed by atoms with Crippen LogP contribution in [-0.2, 0) is 23.1 Å². The van der Waals surface area contributed by atoms with E-state index in [-0.39, 0.29) is 12.3 Å². The number of rotatable bonds is 7. The van der Waals surface area contributed by atoms with E-state index in [1.54, 1.807) is 11.6 Å². The highest BCUT2D eigenvalue weighted by Gasteiger charge is 2.33. The van der Waals surface area contributed by atoms with Crippen molar-refractivity contribution in [2.45, 2.75) is 58.9 Å². The van der Waals surface area contributed by atoms with Gasteiger partial charge in [-0.25, -0.2) is 4.79 Å². The van der Waals surface area contributed by atoms with Crippen LogP contribution < -0.4 is 5.32 Å². The number of amides is 1. The van der Waals surface area contributed by atoms with Gasteiger partial charge >= 0.3 is 5.97 Å². The fourth-order valence-corrected chi connectivity index (χ4v) is 2.51. The molecule has 0 aliphatic carbocycles. The Hall–Kier alpha value is -1.85. The van der Waals surface area contributed by atoms with E-state index in [0.29, 0.717) is 19.3 Å². The second-order valence-electron chi connectivity index (χ2n) is 5.71. The number of carbonyl (C=O) groups excluding carboxylic acids is 1. The Morgan fingerprint density at radius 3 is 2.43 bits per heavy atom. The van der Waals surface area contributed by atoms with Gasteiger partial charge in [0.2, 0.25) is 5.91 Å². The first kappa shape index (κ1) is 17.2. The topological polar surface area (TPSA) is 84.2 Å². The third-order valence-corrected chi connectivity index (χ3v) is 3.90. The molecule has 0 fully saturated rings. The van der Waals surface area contributed by atoms with Crippen LogP contribution in [0.2, 0.25) is 0 Å². The summed E-state index contributed by atoms with van der Waals surface area (Å²) in [5.41, 5.74) is 1.82. The first-order chi connectivity index (χ1) is 9.71. The molecule has 0 spiro atoms. The molecule has 6 nitrogen and oxygen atoms in total. The van der Waals surface area contributed by atoms with Crippen LogP contribution in [-0.4, -0.2) is 32.3 Å². The molecule has 1 heterocycles. The molecule has 1 amide bonds. The lowest BCUT2D eigenvalue weighted by Crippen LogP contribution is -2.52. The molecule has 0 bridgehead atoms. The standard InChI is InChI=1S/C15H25N3O3/c1-6-9-15(4,14(20)21)16-13(19)8-7-12-10(2)17-18(5)11(12)3/h6-9H2,1-5H3,(H,16,19)(H,20,21)/t15-/m1/s1. The lowest BCUT2D eigenvalue weighted by atomic mass is 9.95. The number of carboxylic acids is 1. The van der Waals surface area contributed by atoms with Crippen LogP contribution in [0.25, 0.3) is 0 Å². The van der Waals surface area contributed by atoms with E-state index in [0.717, 1.165) is 17.0 Å². The highest BCUT2D eigenvalue weighted by atomic mass is 16.4. The summed E-state index contributed by atoms with van der Waals surface area (Å²) >= 11 is 0. The Morgan fingerprint density at radius 2 is 2.00 bits per heavy atom. The zero-order valence-electron chi connectivity index (χ0n) is 13.5. The lowest BCUT2D eigenvalue weighted by molar-refractivity contribution is -0.147. The third-order valence-electron chi connectivity index (χ3n) is 3.90. The molecule has 1 aromatic heterocycles. The van der Waals surface area contributed by atoms with Gasteiger partial charge in [0.1, 0.15) is 5.54 Å². The molecular weight excluding hydrogens is 270 g/mol. The van der Waals surface area contributed by atoms with Crippen molar-refractivity contribution in [3.8, 4) is 0 Å². The second-order valence-corrected chi connectivity index (χ2v) is 5.71. The molecule has 0 aliphatic heterocycles. The number of aryl methyl sites for hydroxylation is 2. The molecule has 21 heavy (non-hydrogen) atoms. The van der Waals surface area contributed by atoms with Gasteiger partial charge in [0.15, 0.2) is 0 Å². The smallest absolute Gasteiger partial charge is 0.329 e. The summed E-state index contributed by atoms with van der Waals surface area (Å²) in [7, 11) is 1.87. The van der Waals surface area contributed by atoms with E-state index in [1.165, 1.54) is 0 Å². The second kappa shape index (κ2) is 6.74. The van der Waals surface area contributed by atoms with E-state index < -0.39 is 11.5 Å².